The fraction of sp³-hybridized carbons (Fsp3) is 0.643. The van der Waals surface area contributed by atoms with Crippen LogP contribution in [0.15, 0.2) is 6.20 Å². The molecule has 1 aromatic heterocycles. The molecular weight excluding hydrogens is 242 g/mol. The summed E-state index contributed by atoms with van der Waals surface area (Å²) >= 11 is 0. The van der Waals surface area contributed by atoms with Gasteiger partial charge in [0.25, 0.3) is 0 Å². The number of aryl methyl sites for hydroxylation is 2. The van der Waals surface area contributed by atoms with E-state index in [1.54, 1.807) is 6.20 Å². The number of carboxylic acid groups (broad SMARTS) is 1. The maximum atomic E-state index is 10.9. The third kappa shape index (κ3) is 3.66. The lowest BCUT2D eigenvalue weighted by Gasteiger charge is -2.26. The van der Waals surface area contributed by atoms with Crippen molar-refractivity contribution in [1.82, 2.24) is 9.97 Å². The monoisotopic (exact) mass is 263 g/mol. The van der Waals surface area contributed by atoms with Crippen LogP contribution in [0.5, 0.6) is 0 Å². The second-order valence-electron chi connectivity index (χ2n) is 5.36. The summed E-state index contributed by atoms with van der Waals surface area (Å²) in [4.78, 5) is 19.6. The van der Waals surface area contributed by atoms with Crippen molar-refractivity contribution >= 4 is 11.8 Å². The van der Waals surface area contributed by atoms with Gasteiger partial charge in [-0.15, -0.1) is 0 Å². The molecule has 1 aliphatic carbocycles. The summed E-state index contributed by atoms with van der Waals surface area (Å²) in [7, 11) is 0. The Kier molecular flexibility index (Phi) is 4.35. The Morgan fingerprint density at radius 2 is 2.00 bits per heavy atom. The summed E-state index contributed by atoms with van der Waals surface area (Å²) in [6.07, 6.45) is 5.29. The van der Waals surface area contributed by atoms with E-state index in [-0.39, 0.29) is 5.92 Å². The van der Waals surface area contributed by atoms with Crippen LogP contribution < -0.4 is 5.32 Å². The lowest BCUT2D eigenvalue weighted by molar-refractivity contribution is -0.143. The molecule has 5 nitrogen and oxygen atoms in total. The van der Waals surface area contributed by atoms with Gasteiger partial charge in [-0.3, -0.25) is 9.78 Å². The number of hydrogen-bond acceptors (Lipinski definition) is 4. The van der Waals surface area contributed by atoms with Gasteiger partial charge in [-0.1, -0.05) is 0 Å². The first-order valence-electron chi connectivity index (χ1n) is 6.83. The Labute approximate surface area is 113 Å². The van der Waals surface area contributed by atoms with Crippen LogP contribution in [0.25, 0.3) is 0 Å². The topological polar surface area (TPSA) is 75.1 Å². The summed E-state index contributed by atoms with van der Waals surface area (Å²) in [6.45, 7) is 4.74. The van der Waals surface area contributed by atoms with Crippen molar-refractivity contribution in [1.29, 1.82) is 0 Å². The number of rotatable bonds is 4. The molecule has 0 saturated heterocycles. The molecule has 1 aromatic rings. The quantitative estimate of drug-likeness (QED) is 0.872. The minimum atomic E-state index is -0.647. The van der Waals surface area contributed by atoms with Gasteiger partial charge in [-0.25, -0.2) is 4.98 Å². The molecule has 0 bridgehead atoms. The molecule has 0 aromatic carbocycles. The molecule has 19 heavy (non-hydrogen) atoms. The third-order valence-electron chi connectivity index (χ3n) is 3.96. The first-order valence-corrected chi connectivity index (χ1v) is 6.83. The summed E-state index contributed by atoms with van der Waals surface area (Å²) in [6, 6.07) is 0. The maximum absolute atomic E-state index is 10.9. The van der Waals surface area contributed by atoms with E-state index in [1.807, 2.05) is 13.8 Å². The maximum Gasteiger partial charge on any atom is 0.306 e. The van der Waals surface area contributed by atoms with Gasteiger partial charge in [0.2, 0.25) is 0 Å². The van der Waals surface area contributed by atoms with Gasteiger partial charge >= 0.3 is 5.97 Å². The number of nitrogens with zero attached hydrogens (tertiary/aromatic N) is 2. The van der Waals surface area contributed by atoms with E-state index in [9.17, 15) is 4.79 Å². The van der Waals surface area contributed by atoms with E-state index in [2.05, 4.69) is 15.3 Å². The van der Waals surface area contributed by atoms with Crippen molar-refractivity contribution in [3.05, 3.63) is 17.6 Å². The first kappa shape index (κ1) is 13.8. The van der Waals surface area contributed by atoms with Crippen LogP contribution in [0.1, 0.15) is 37.1 Å². The zero-order valence-corrected chi connectivity index (χ0v) is 11.5. The average molecular weight is 263 g/mol. The normalized spacial score (nSPS) is 23.1. The van der Waals surface area contributed by atoms with Crippen molar-refractivity contribution in [3.63, 3.8) is 0 Å². The zero-order chi connectivity index (χ0) is 13.8. The van der Waals surface area contributed by atoms with E-state index in [0.29, 0.717) is 5.92 Å². The number of carbonyl (C=O) groups is 1. The zero-order valence-electron chi connectivity index (χ0n) is 11.5. The highest BCUT2D eigenvalue weighted by Gasteiger charge is 2.25. The van der Waals surface area contributed by atoms with Crippen LogP contribution in [0.2, 0.25) is 0 Å². The van der Waals surface area contributed by atoms with Crippen LogP contribution >= 0.6 is 0 Å². The number of aromatic nitrogens is 2. The van der Waals surface area contributed by atoms with Gasteiger partial charge in [-0.05, 0) is 45.4 Å². The van der Waals surface area contributed by atoms with Gasteiger partial charge in [-0.2, -0.15) is 0 Å². The Morgan fingerprint density at radius 3 is 2.58 bits per heavy atom. The predicted molar refractivity (Wildman–Crippen MR) is 73.1 cm³/mol. The highest BCUT2D eigenvalue weighted by Crippen LogP contribution is 2.28. The fourth-order valence-electron chi connectivity index (χ4n) is 2.49. The van der Waals surface area contributed by atoms with Crippen molar-refractivity contribution < 1.29 is 9.90 Å². The second-order valence-corrected chi connectivity index (χ2v) is 5.36. The second kappa shape index (κ2) is 5.99. The molecule has 0 aliphatic heterocycles. The van der Waals surface area contributed by atoms with Crippen molar-refractivity contribution in [2.45, 2.75) is 39.5 Å². The van der Waals surface area contributed by atoms with Crippen LogP contribution in [-0.4, -0.2) is 27.6 Å². The summed E-state index contributed by atoms with van der Waals surface area (Å²) in [5.74, 6) is 0.562. The Balaban J connectivity index is 1.80. The molecule has 2 N–H and O–H groups in total. The molecule has 0 spiro atoms. The van der Waals surface area contributed by atoms with Crippen LogP contribution in [0.4, 0.5) is 5.82 Å². The van der Waals surface area contributed by atoms with Gasteiger partial charge in [0.15, 0.2) is 0 Å². The number of hydrogen-bond donors (Lipinski definition) is 2. The van der Waals surface area contributed by atoms with Crippen molar-refractivity contribution in [2.24, 2.45) is 11.8 Å². The Bertz CT molecular complexity index is 454. The fourth-order valence-corrected chi connectivity index (χ4v) is 2.49. The third-order valence-corrected chi connectivity index (χ3v) is 3.96. The largest absolute Gasteiger partial charge is 0.481 e. The molecule has 0 radical (unpaired) electrons. The minimum absolute atomic E-state index is 0.141. The van der Waals surface area contributed by atoms with Gasteiger partial charge < -0.3 is 10.4 Å². The van der Waals surface area contributed by atoms with E-state index >= 15 is 0 Å². The molecule has 1 aliphatic rings. The van der Waals surface area contributed by atoms with Gasteiger partial charge in [0.1, 0.15) is 5.82 Å². The average Bonchev–Trinajstić information content (AvgIpc) is 2.40. The SMILES string of the molecule is Cc1ncc(NCC2CCC(C(=O)O)CC2)nc1C. The number of nitrogens with one attached hydrogen (secondary N) is 1. The van der Waals surface area contributed by atoms with E-state index < -0.39 is 5.97 Å². The molecule has 0 unspecified atom stereocenters. The van der Waals surface area contributed by atoms with Gasteiger partial charge in [0, 0.05) is 6.54 Å². The number of aliphatic carboxylic acids is 1. The van der Waals surface area contributed by atoms with Crippen molar-refractivity contribution in [2.75, 3.05) is 11.9 Å². The van der Waals surface area contributed by atoms with Crippen LogP contribution in [0, 0.1) is 25.7 Å². The Hall–Kier alpha value is -1.65. The molecule has 0 amide bonds. The van der Waals surface area contributed by atoms with E-state index in [1.165, 1.54) is 0 Å². The lowest BCUT2D eigenvalue weighted by Crippen LogP contribution is -2.25. The molecule has 104 valence electrons. The van der Waals surface area contributed by atoms with Crippen LogP contribution in [-0.2, 0) is 4.79 Å². The molecule has 1 fully saturated rings. The van der Waals surface area contributed by atoms with Crippen LogP contribution in [0.3, 0.4) is 0 Å². The number of anilines is 1. The summed E-state index contributed by atoms with van der Waals surface area (Å²) < 4.78 is 0. The lowest BCUT2D eigenvalue weighted by atomic mass is 9.82. The molecule has 5 heteroatoms. The smallest absolute Gasteiger partial charge is 0.306 e. The summed E-state index contributed by atoms with van der Waals surface area (Å²) in [5, 5.41) is 12.3. The van der Waals surface area contributed by atoms with Gasteiger partial charge in [0.05, 0.1) is 23.5 Å². The minimum Gasteiger partial charge on any atom is -0.481 e. The first-order chi connectivity index (χ1) is 9.06. The molecule has 1 saturated carbocycles. The highest BCUT2D eigenvalue weighted by molar-refractivity contribution is 5.69. The Morgan fingerprint density at radius 1 is 1.32 bits per heavy atom. The molecular formula is C14H21N3O2. The van der Waals surface area contributed by atoms with E-state index in [0.717, 1.165) is 49.4 Å². The van der Waals surface area contributed by atoms with Crippen molar-refractivity contribution in [3.8, 4) is 0 Å². The number of carboxylic acids is 1. The molecule has 0 atom stereocenters. The molecule has 2 rings (SSSR count). The predicted octanol–water partition coefficient (Wildman–Crippen LogP) is 2.40. The summed E-state index contributed by atoms with van der Waals surface area (Å²) in [5.41, 5.74) is 1.90. The molecule has 1 heterocycles. The highest BCUT2D eigenvalue weighted by atomic mass is 16.4. The van der Waals surface area contributed by atoms with E-state index in [4.69, 9.17) is 5.11 Å². The standard InChI is InChI=1S/C14H21N3O2/c1-9-10(2)17-13(8-15-9)16-7-11-3-5-12(6-4-11)14(18)19/h8,11-12H,3-7H2,1-2H3,(H,16,17)(H,18,19).